The van der Waals surface area contributed by atoms with Crippen LogP contribution in [-0.4, -0.2) is 12.0 Å². The molecule has 0 aromatic heterocycles. The molecule has 0 amide bonds. The summed E-state index contributed by atoms with van der Waals surface area (Å²) in [5.74, 6) is 0. The van der Waals surface area contributed by atoms with E-state index in [1.807, 2.05) is 38.1 Å². The smallest absolute Gasteiger partial charge is 0.166 e. The number of benzene rings is 1. The first-order valence-electron chi connectivity index (χ1n) is 4.60. The monoisotopic (exact) mass is 190 g/mol. The zero-order valence-corrected chi connectivity index (χ0v) is 8.45. The first-order valence-corrected chi connectivity index (χ1v) is 4.60. The normalized spacial score (nSPS) is 11.1. The molecule has 0 fully saturated rings. The van der Waals surface area contributed by atoms with Gasteiger partial charge < -0.3 is 0 Å². The van der Waals surface area contributed by atoms with Gasteiger partial charge >= 0.3 is 0 Å². The first-order chi connectivity index (χ1) is 6.76. The van der Waals surface area contributed by atoms with E-state index in [4.69, 9.17) is 0 Å². The Balaban J connectivity index is 2.65. The van der Waals surface area contributed by atoms with Crippen LogP contribution >= 0.6 is 0 Å². The molecule has 1 aromatic rings. The van der Waals surface area contributed by atoms with Crippen molar-refractivity contribution in [3.63, 3.8) is 0 Å². The molecule has 0 aliphatic heterocycles. The largest absolute Gasteiger partial charge is 0.296 e. The van der Waals surface area contributed by atoms with Crippen LogP contribution in [-0.2, 0) is 4.79 Å². The van der Waals surface area contributed by atoms with E-state index < -0.39 is 0 Å². The van der Waals surface area contributed by atoms with E-state index >= 15 is 0 Å². The van der Waals surface area contributed by atoms with Gasteiger partial charge in [0.1, 0.15) is 5.71 Å². The lowest BCUT2D eigenvalue weighted by atomic mass is 10.2. The van der Waals surface area contributed by atoms with Crippen molar-refractivity contribution in [1.82, 2.24) is 0 Å². The van der Waals surface area contributed by atoms with Gasteiger partial charge in [0.15, 0.2) is 6.29 Å². The number of rotatable bonds is 4. The van der Waals surface area contributed by atoms with Crippen LogP contribution in [0, 0.1) is 6.92 Å². The zero-order valence-electron chi connectivity index (χ0n) is 8.45. The van der Waals surface area contributed by atoms with E-state index in [1.54, 1.807) is 0 Å². The van der Waals surface area contributed by atoms with E-state index in [1.165, 1.54) is 5.56 Å². The van der Waals surface area contributed by atoms with Crippen molar-refractivity contribution in [3.05, 3.63) is 29.8 Å². The highest BCUT2D eigenvalue weighted by molar-refractivity contribution is 6.28. The Morgan fingerprint density at radius 1 is 1.43 bits per heavy atom. The minimum absolute atomic E-state index is 0.519. The second-order valence-corrected chi connectivity index (χ2v) is 3.05. The highest BCUT2D eigenvalue weighted by Crippen LogP contribution is 2.08. The molecule has 1 aromatic carbocycles. The van der Waals surface area contributed by atoms with Crippen LogP contribution in [0.2, 0.25) is 0 Å². The van der Waals surface area contributed by atoms with Gasteiger partial charge in [0, 0.05) is 0 Å². The highest BCUT2D eigenvalue weighted by atomic mass is 16.1. The van der Waals surface area contributed by atoms with Crippen LogP contribution in [0.1, 0.15) is 18.9 Å². The molecule has 0 spiro atoms. The van der Waals surface area contributed by atoms with Crippen molar-refractivity contribution in [2.24, 2.45) is 5.10 Å². The third kappa shape index (κ3) is 3.01. The summed E-state index contributed by atoms with van der Waals surface area (Å²) in [4.78, 5) is 10.4. The number of carbonyl (C=O) groups is 1. The molecule has 0 radical (unpaired) electrons. The van der Waals surface area contributed by atoms with Crippen LogP contribution in [0.5, 0.6) is 0 Å². The second-order valence-electron chi connectivity index (χ2n) is 3.05. The molecule has 1 rings (SSSR count). The van der Waals surface area contributed by atoms with Crippen molar-refractivity contribution >= 4 is 17.7 Å². The van der Waals surface area contributed by atoms with Crippen LogP contribution < -0.4 is 5.43 Å². The summed E-state index contributed by atoms with van der Waals surface area (Å²) in [6, 6.07) is 7.84. The fraction of sp³-hybridized carbons (Fsp3) is 0.273. The van der Waals surface area contributed by atoms with Crippen molar-refractivity contribution in [2.75, 3.05) is 5.43 Å². The third-order valence-electron chi connectivity index (χ3n) is 1.88. The summed E-state index contributed by atoms with van der Waals surface area (Å²) in [7, 11) is 0. The fourth-order valence-electron chi connectivity index (χ4n) is 0.953. The summed E-state index contributed by atoms with van der Waals surface area (Å²) < 4.78 is 0. The number of aldehydes is 1. The van der Waals surface area contributed by atoms with Crippen LogP contribution in [0.4, 0.5) is 5.69 Å². The maximum atomic E-state index is 10.4. The molecule has 0 unspecified atom stereocenters. The molecule has 0 bridgehead atoms. The predicted octanol–water partition coefficient (Wildman–Crippen LogP) is 2.37. The molecule has 0 aliphatic carbocycles. The molecule has 0 atom stereocenters. The number of hydrazone groups is 1. The summed E-state index contributed by atoms with van der Waals surface area (Å²) in [5, 5.41) is 3.96. The average Bonchev–Trinajstić information content (AvgIpc) is 2.22. The minimum Gasteiger partial charge on any atom is -0.296 e. The third-order valence-corrected chi connectivity index (χ3v) is 1.88. The van der Waals surface area contributed by atoms with E-state index in [-0.39, 0.29) is 0 Å². The standard InChI is InChI=1S/C11H14N2O/c1-3-10(8-14)12-13-11-6-4-9(2)5-7-11/h4-8,13H,3H2,1-2H3/b12-10-. The average molecular weight is 190 g/mol. The fourth-order valence-corrected chi connectivity index (χ4v) is 0.953. The van der Waals surface area contributed by atoms with E-state index in [9.17, 15) is 4.79 Å². The van der Waals surface area contributed by atoms with E-state index in [0.29, 0.717) is 12.1 Å². The Bertz CT molecular complexity index is 328. The maximum absolute atomic E-state index is 10.4. The van der Waals surface area contributed by atoms with Crippen LogP contribution in [0.3, 0.4) is 0 Å². The summed E-state index contributed by atoms with van der Waals surface area (Å²) >= 11 is 0. The van der Waals surface area contributed by atoms with E-state index in [2.05, 4.69) is 10.5 Å². The Morgan fingerprint density at radius 2 is 2.07 bits per heavy atom. The molecule has 3 heteroatoms. The van der Waals surface area contributed by atoms with Crippen molar-refractivity contribution in [1.29, 1.82) is 0 Å². The van der Waals surface area contributed by atoms with E-state index in [0.717, 1.165) is 12.0 Å². The van der Waals surface area contributed by atoms with Gasteiger partial charge in [-0.2, -0.15) is 5.10 Å². The Labute approximate surface area is 83.8 Å². The lowest BCUT2D eigenvalue weighted by Gasteiger charge is -2.01. The predicted molar refractivity (Wildman–Crippen MR) is 58.6 cm³/mol. The van der Waals surface area contributed by atoms with Gasteiger partial charge in [0.05, 0.1) is 5.69 Å². The molecule has 0 heterocycles. The lowest BCUT2D eigenvalue weighted by molar-refractivity contribution is -0.102. The van der Waals surface area contributed by atoms with Crippen LogP contribution in [0.25, 0.3) is 0 Å². The van der Waals surface area contributed by atoms with Crippen molar-refractivity contribution < 1.29 is 4.79 Å². The van der Waals surface area contributed by atoms with Gasteiger partial charge in [-0.3, -0.25) is 10.2 Å². The summed E-state index contributed by atoms with van der Waals surface area (Å²) in [6.07, 6.45) is 1.41. The molecule has 1 N–H and O–H groups in total. The van der Waals surface area contributed by atoms with Gasteiger partial charge in [-0.1, -0.05) is 24.6 Å². The minimum atomic E-state index is 0.519. The topological polar surface area (TPSA) is 41.5 Å². The molecule has 3 nitrogen and oxygen atoms in total. The quantitative estimate of drug-likeness (QED) is 0.450. The SMILES string of the molecule is CC/C(C=O)=N/Nc1ccc(C)cc1. The zero-order chi connectivity index (χ0) is 10.4. The van der Waals surface area contributed by atoms with Crippen LogP contribution in [0.15, 0.2) is 29.4 Å². The number of anilines is 1. The molecule has 0 saturated heterocycles. The number of aryl methyl sites for hydroxylation is 1. The number of hydrogen-bond acceptors (Lipinski definition) is 3. The van der Waals surface area contributed by atoms with Gasteiger partial charge in [0.25, 0.3) is 0 Å². The molecule has 14 heavy (non-hydrogen) atoms. The first kappa shape index (κ1) is 10.4. The number of hydrogen-bond donors (Lipinski definition) is 1. The molecular formula is C11H14N2O. The number of nitrogens with zero attached hydrogens (tertiary/aromatic N) is 1. The Kier molecular flexibility index (Phi) is 3.85. The van der Waals surface area contributed by atoms with Gasteiger partial charge in [-0.25, -0.2) is 0 Å². The number of carbonyl (C=O) groups excluding carboxylic acids is 1. The summed E-state index contributed by atoms with van der Waals surface area (Å²) in [6.45, 7) is 3.92. The maximum Gasteiger partial charge on any atom is 0.166 e. The second kappa shape index (κ2) is 5.17. The highest BCUT2D eigenvalue weighted by Gasteiger charge is 1.92. The Hall–Kier alpha value is -1.64. The molecule has 74 valence electrons. The van der Waals surface area contributed by atoms with Crippen molar-refractivity contribution in [3.8, 4) is 0 Å². The molecule has 0 saturated carbocycles. The molecule has 0 aliphatic rings. The lowest BCUT2D eigenvalue weighted by Crippen LogP contribution is -2.01. The molecular weight excluding hydrogens is 176 g/mol. The Morgan fingerprint density at radius 3 is 2.57 bits per heavy atom. The van der Waals surface area contributed by atoms with Gasteiger partial charge in [-0.05, 0) is 25.5 Å². The summed E-state index contributed by atoms with van der Waals surface area (Å²) in [5.41, 5.74) is 5.44. The number of nitrogens with one attached hydrogen (secondary N) is 1. The van der Waals surface area contributed by atoms with Gasteiger partial charge in [-0.15, -0.1) is 0 Å². The van der Waals surface area contributed by atoms with Gasteiger partial charge in [0.2, 0.25) is 0 Å². The van der Waals surface area contributed by atoms with Crippen molar-refractivity contribution in [2.45, 2.75) is 20.3 Å².